The number of fused-ring (bicyclic) bond motifs is 1. The van der Waals surface area contributed by atoms with Crippen molar-refractivity contribution in [3.63, 3.8) is 0 Å². The minimum absolute atomic E-state index is 0.0854. The quantitative estimate of drug-likeness (QED) is 0.765. The second-order valence-electron chi connectivity index (χ2n) is 6.35. The van der Waals surface area contributed by atoms with Gasteiger partial charge in [-0.1, -0.05) is 12.1 Å². The lowest BCUT2D eigenvalue weighted by Crippen LogP contribution is -2.35. The molecule has 0 saturated carbocycles. The Morgan fingerprint density at radius 3 is 2.85 bits per heavy atom. The Hall–Kier alpha value is -2.86. The normalized spacial score (nSPS) is 14.2. The third kappa shape index (κ3) is 3.41. The summed E-state index contributed by atoms with van der Waals surface area (Å²) >= 11 is 0. The van der Waals surface area contributed by atoms with E-state index in [1.807, 2.05) is 19.1 Å². The number of aromatic amines is 1. The van der Waals surface area contributed by atoms with Crippen molar-refractivity contribution in [3.8, 4) is 17.3 Å². The van der Waals surface area contributed by atoms with Gasteiger partial charge in [-0.15, -0.1) is 0 Å². The van der Waals surface area contributed by atoms with E-state index in [2.05, 4.69) is 27.0 Å². The first-order chi connectivity index (χ1) is 12.7. The Bertz CT molecular complexity index is 930. The van der Waals surface area contributed by atoms with E-state index >= 15 is 0 Å². The van der Waals surface area contributed by atoms with E-state index in [0.29, 0.717) is 24.7 Å². The summed E-state index contributed by atoms with van der Waals surface area (Å²) < 4.78 is 10.8. The van der Waals surface area contributed by atoms with Crippen molar-refractivity contribution in [1.29, 1.82) is 0 Å². The van der Waals surface area contributed by atoms with E-state index in [4.69, 9.17) is 9.15 Å². The highest BCUT2D eigenvalue weighted by Crippen LogP contribution is 2.21. The smallest absolute Gasteiger partial charge is 0.256 e. The van der Waals surface area contributed by atoms with E-state index in [9.17, 15) is 4.79 Å². The summed E-state index contributed by atoms with van der Waals surface area (Å²) in [5.41, 5.74) is 2.73. The Kier molecular flexibility index (Phi) is 4.58. The lowest BCUT2D eigenvalue weighted by atomic mass is 10.1. The maximum absolute atomic E-state index is 12.5. The molecule has 3 heterocycles. The van der Waals surface area contributed by atoms with Crippen LogP contribution in [0.4, 0.5) is 0 Å². The maximum Gasteiger partial charge on any atom is 0.256 e. The third-order valence-corrected chi connectivity index (χ3v) is 4.54. The molecule has 2 aromatic heterocycles. The molecule has 0 spiro atoms. The van der Waals surface area contributed by atoms with E-state index in [0.717, 1.165) is 36.5 Å². The molecule has 0 aliphatic carbocycles. The predicted octanol–water partition coefficient (Wildman–Crippen LogP) is 2.99. The molecular weight excluding hydrogens is 330 g/mol. The van der Waals surface area contributed by atoms with Crippen LogP contribution in [0.5, 0.6) is 5.75 Å². The molecule has 0 bridgehead atoms. The zero-order chi connectivity index (χ0) is 17.9. The van der Waals surface area contributed by atoms with Gasteiger partial charge >= 0.3 is 0 Å². The number of hydrogen-bond acceptors (Lipinski definition) is 5. The molecule has 1 aromatic carbocycles. The summed E-state index contributed by atoms with van der Waals surface area (Å²) in [7, 11) is 0. The summed E-state index contributed by atoms with van der Waals surface area (Å²) in [4.78, 5) is 22.2. The lowest BCUT2D eigenvalue weighted by Gasteiger charge is -2.27. The molecule has 0 unspecified atom stereocenters. The van der Waals surface area contributed by atoms with Crippen molar-refractivity contribution < 1.29 is 9.15 Å². The van der Waals surface area contributed by atoms with Crippen molar-refractivity contribution in [3.05, 3.63) is 69.8 Å². The standard InChI is InChI=1S/C20H21N3O3/c1-2-25-15-7-5-14(6-8-15)12-23-10-9-17-16(13-23)20(24)22-19(21-17)18-4-3-11-26-18/h3-8,11H,2,9-10,12-13H2,1H3,(H,21,22,24). The molecule has 4 rings (SSSR count). The fourth-order valence-corrected chi connectivity index (χ4v) is 3.26. The molecule has 0 saturated heterocycles. The second kappa shape index (κ2) is 7.17. The van der Waals surface area contributed by atoms with Crippen LogP contribution in [0.1, 0.15) is 23.7 Å². The van der Waals surface area contributed by atoms with Crippen LogP contribution in [-0.2, 0) is 19.5 Å². The number of rotatable bonds is 5. The Labute approximate surface area is 151 Å². The van der Waals surface area contributed by atoms with E-state index in [1.165, 1.54) is 5.56 Å². The monoisotopic (exact) mass is 351 g/mol. The van der Waals surface area contributed by atoms with E-state index in [-0.39, 0.29) is 5.56 Å². The van der Waals surface area contributed by atoms with Gasteiger partial charge in [-0.3, -0.25) is 9.69 Å². The summed E-state index contributed by atoms with van der Waals surface area (Å²) in [6.07, 6.45) is 2.33. The molecule has 0 amide bonds. The van der Waals surface area contributed by atoms with Gasteiger partial charge in [0.25, 0.3) is 5.56 Å². The van der Waals surface area contributed by atoms with Crippen molar-refractivity contribution in [1.82, 2.24) is 14.9 Å². The fourth-order valence-electron chi connectivity index (χ4n) is 3.26. The Morgan fingerprint density at radius 2 is 2.12 bits per heavy atom. The molecule has 1 aliphatic heterocycles. The number of nitrogens with one attached hydrogen (secondary N) is 1. The second-order valence-corrected chi connectivity index (χ2v) is 6.35. The van der Waals surface area contributed by atoms with E-state index < -0.39 is 0 Å². The first-order valence-corrected chi connectivity index (χ1v) is 8.83. The van der Waals surface area contributed by atoms with Crippen molar-refractivity contribution >= 4 is 0 Å². The number of hydrogen-bond donors (Lipinski definition) is 1. The third-order valence-electron chi connectivity index (χ3n) is 4.54. The predicted molar refractivity (Wildman–Crippen MR) is 98.0 cm³/mol. The molecular formula is C20H21N3O3. The summed E-state index contributed by atoms with van der Waals surface area (Å²) in [6.45, 7) is 4.91. The van der Waals surface area contributed by atoms with Crippen LogP contribution in [0.2, 0.25) is 0 Å². The zero-order valence-corrected chi connectivity index (χ0v) is 14.7. The SMILES string of the molecule is CCOc1ccc(CN2CCc3nc(-c4ccco4)[nH]c(=O)c3C2)cc1. The molecule has 6 nitrogen and oxygen atoms in total. The minimum Gasteiger partial charge on any atom is -0.494 e. The van der Waals surface area contributed by atoms with Gasteiger partial charge in [-0.25, -0.2) is 4.98 Å². The molecule has 26 heavy (non-hydrogen) atoms. The van der Waals surface area contributed by atoms with Crippen LogP contribution >= 0.6 is 0 Å². The number of H-pyrrole nitrogens is 1. The molecule has 6 heteroatoms. The number of nitrogens with zero attached hydrogens (tertiary/aromatic N) is 2. The van der Waals surface area contributed by atoms with Gasteiger partial charge in [0.2, 0.25) is 0 Å². The molecule has 0 radical (unpaired) electrons. The van der Waals surface area contributed by atoms with Crippen LogP contribution in [-0.4, -0.2) is 28.0 Å². The molecule has 0 atom stereocenters. The Balaban J connectivity index is 1.50. The fraction of sp³-hybridized carbons (Fsp3) is 0.300. The van der Waals surface area contributed by atoms with Gasteiger partial charge in [0.1, 0.15) is 5.75 Å². The van der Waals surface area contributed by atoms with Gasteiger partial charge in [-0.05, 0) is 36.8 Å². The minimum atomic E-state index is -0.0854. The number of ether oxygens (including phenoxy) is 1. The van der Waals surface area contributed by atoms with Crippen molar-refractivity contribution in [2.45, 2.75) is 26.4 Å². The summed E-state index contributed by atoms with van der Waals surface area (Å²) in [5, 5.41) is 0. The molecule has 1 aliphatic rings. The molecule has 3 aromatic rings. The molecule has 134 valence electrons. The van der Waals surface area contributed by atoms with Crippen LogP contribution in [0.25, 0.3) is 11.6 Å². The van der Waals surface area contributed by atoms with Gasteiger partial charge in [0.05, 0.1) is 24.1 Å². The first kappa shape index (κ1) is 16.6. The van der Waals surface area contributed by atoms with Gasteiger partial charge in [-0.2, -0.15) is 0 Å². The number of benzene rings is 1. The van der Waals surface area contributed by atoms with Crippen LogP contribution in [0.3, 0.4) is 0 Å². The van der Waals surface area contributed by atoms with Gasteiger partial charge in [0.15, 0.2) is 11.6 Å². The largest absolute Gasteiger partial charge is 0.494 e. The maximum atomic E-state index is 12.5. The van der Waals surface area contributed by atoms with Crippen LogP contribution in [0.15, 0.2) is 51.9 Å². The highest BCUT2D eigenvalue weighted by molar-refractivity contribution is 5.47. The van der Waals surface area contributed by atoms with Gasteiger partial charge < -0.3 is 14.1 Å². The molecule has 1 N–H and O–H groups in total. The number of aromatic nitrogens is 2. The van der Waals surface area contributed by atoms with Crippen LogP contribution < -0.4 is 10.3 Å². The van der Waals surface area contributed by atoms with Crippen LogP contribution in [0, 0.1) is 0 Å². The topological polar surface area (TPSA) is 71.4 Å². The summed E-state index contributed by atoms with van der Waals surface area (Å²) in [5.74, 6) is 1.96. The lowest BCUT2D eigenvalue weighted by molar-refractivity contribution is 0.241. The van der Waals surface area contributed by atoms with Crippen molar-refractivity contribution in [2.24, 2.45) is 0 Å². The summed E-state index contributed by atoms with van der Waals surface area (Å²) in [6, 6.07) is 11.7. The highest BCUT2D eigenvalue weighted by Gasteiger charge is 2.22. The van der Waals surface area contributed by atoms with Gasteiger partial charge in [0, 0.05) is 26.1 Å². The number of furan rings is 1. The Morgan fingerprint density at radius 1 is 1.27 bits per heavy atom. The van der Waals surface area contributed by atoms with E-state index in [1.54, 1.807) is 18.4 Å². The first-order valence-electron chi connectivity index (χ1n) is 8.83. The average Bonchev–Trinajstić information content (AvgIpc) is 3.19. The highest BCUT2D eigenvalue weighted by atomic mass is 16.5. The zero-order valence-electron chi connectivity index (χ0n) is 14.7. The van der Waals surface area contributed by atoms with Crippen molar-refractivity contribution in [2.75, 3.05) is 13.2 Å². The molecule has 0 fully saturated rings. The average molecular weight is 351 g/mol.